The van der Waals surface area contributed by atoms with Crippen LogP contribution in [0.2, 0.25) is 0 Å². The summed E-state index contributed by atoms with van der Waals surface area (Å²) in [4.78, 5) is 25.4. The minimum Gasteiger partial charge on any atom is -0.492 e. The first-order valence-corrected chi connectivity index (χ1v) is 10.6. The van der Waals surface area contributed by atoms with Crippen molar-refractivity contribution in [3.63, 3.8) is 0 Å². The van der Waals surface area contributed by atoms with Crippen LogP contribution in [0.15, 0.2) is 41.2 Å². The van der Waals surface area contributed by atoms with Gasteiger partial charge in [-0.3, -0.25) is 14.0 Å². The van der Waals surface area contributed by atoms with Gasteiger partial charge in [-0.15, -0.1) is 0 Å². The lowest BCUT2D eigenvalue weighted by Gasteiger charge is -2.14. The van der Waals surface area contributed by atoms with Crippen LogP contribution in [0.25, 0.3) is 0 Å². The zero-order valence-corrected chi connectivity index (χ0v) is 18.0. The van der Waals surface area contributed by atoms with Crippen LogP contribution in [-0.2, 0) is 37.9 Å². The van der Waals surface area contributed by atoms with E-state index in [1.165, 1.54) is 4.68 Å². The number of carbonyl (C=O) groups excluding carboxylic acids is 1. The number of hydrogen-bond donors (Lipinski definition) is 1. The molecule has 1 N–H and O–H groups in total. The van der Waals surface area contributed by atoms with E-state index in [2.05, 4.69) is 15.5 Å². The second-order valence-electron chi connectivity index (χ2n) is 7.88. The molecule has 0 fully saturated rings. The number of benzene rings is 1. The molecular weight excluding hydrogens is 396 g/mol. The maximum atomic E-state index is 12.7. The zero-order valence-electron chi connectivity index (χ0n) is 18.0. The molecule has 0 saturated heterocycles. The SMILES string of the molecule is Cc1cc(CNC(=O)[C@H]2CCc3nn(CCOc4ccccc4)c(=O)n3CC2)n(C)n1. The first-order valence-electron chi connectivity index (χ1n) is 10.6. The fourth-order valence-corrected chi connectivity index (χ4v) is 3.95. The van der Waals surface area contributed by atoms with Gasteiger partial charge < -0.3 is 10.1 Å². The first kappa shape index (κ1) is 20.9. The van der Waals surface area contributed by atoms with Crippen molar-refractivity contribution in [2.24, 2.45) is 13.0 Å². The third kappa shape index (κ3) is 4.87. The van der Waals surface area contributed by atoms with Crippen molar-refractivity contribution in [1.29, 1.82) is 0 Å². The van der Waals surface area contributed by atoms with E-state index in [-0.39, 0.29) is 17.5 Å². The topological polar surface area (TPSA) is 96.0 Å². The van der Waals surface area contributed by atoms with Crippen molar-refractivity contribution in [2.45, 2.75) is 45.8 Å². The number of amides is 1. The first-order chi connectivity index (χ1) is 15.0. The molecule has 3 heterocycles. The summed E-state index contributed by atoms with van der Waals surface area (Å²) < 4.78 is 10.6. The van der Waals surface area contributed by atoms with Crippen molar-refractivity contribution in [3.8, 4) is 5.75 Å². The maximum absolute atomic E-state index is 12.7. The average molecular weight is 425 g/mol. The zero-order chi connectivity index (χ0) is 21.8. The average Bonchev–Trinajstić information content (AvgIpc) is 3.14. The second-order valence-corrected chi connectivity index (χ2v) is 7.88. The van der Waals surface area contributed by atoms with E-state index in [1.807, 2.05) is 50.4 Å². The highest BCUT2D eigenvalue weighted by Crippen LogP contribution is 2.18. The molecule has 4 rings (SSSR count). The van der Waals surface area contributed by atoms with Gasteiger partial charge in [0.05, 0.1) is 24.5 Å². The molecule has 164 valence electrons. The van der Waals surface area contributed by atoms with Crippen LogP contribution in [0.3, 0.4) is 0 Å². The van der Waals surface area contributed by atoms with Crippen LogP contribution in [0, 0.1) is 12.8 Å². The summed E-state index contributed by atoms with van der Waals surface area (Å²) in [5.41, 5.74) is 1.75. The number of nitrogens with one attached hydrogen (secondary N) is 1. The van der Waals surface area contributed by atoms with Gasteiger partial charge in [0.15, 0.2) is 0 Å². The van der Waals surface area contributed by atoms with Crippen LogP contribution in [-0.4, -0.2) is 36.6 Å². The van der Waals surface area contributed by atoms with Crippen molar-refractivity contribution in [3.05, 3.63) is 64.1 Å². The molecule has 31 heavy (non-hydrogen) atoms. The van der Waals surface area contributed by atoms with Gasteiger partial charge in [-0.05, 0) is 38.0 Å². The molecule has 1 amide bonds. The Kier molecular flexibility index (Phi) is 6.20. The third-order valence-electron chi connectivity index (χ3n) is 5.65. The fourth-order valence-electron chi connectivity index (χ4n) is 3.95. The lowest BCUT2D eigenvalue weighted by Crippen LogP contribution is -2.32. The summed E-state index contributed by atoms with van der Waals surface area (Å²) in [7, 11) is 1.87. The van der Waals surface area contributed by atoms with Crippen molar-refractivity contribution < 1.29 is 9.53 Å². The van der Waals surface area contributed by atoms with Crippen molar-refractivity contribution in [1.82, 2.24) is 29.4 Å². The Hall–Kier alpha value is -3.36. The van der Waals surface area contributed by atoms with E-state index in [4.69, 9.17) is 4.74 Å². The van der Waals surface area contributed by atoms with Gasteiger partial charge in [0.25, 0.3) is 0 Å². The number of ether oxygens (including phenoxy) is 1. The molecule has 0 radical (unpaired) electrons. The van der Waals surface area contributed by atoms with Gasteiger partial charge in [0.1, 0.15) is 18.2 Å². The number of aryl methyl sites for hydroxylation is 3. The number of carbonyl (C=O) groups is 1. The minimum absolute atomic E-state index is 0.0150. The summed E-state index contributed by atoms with van der Waals surface area (Å²) in [6.07, 6.45) is 1.90. The van der Waals surface area contributed by atoms with Crippen LogP contribution in [0.1, 0.15) is 30.1 Å². The molecule has 0 bridgehead atoms. The number of para-hydroxylation sites is 1. The molecule has 1 atom stereocenters. The predicted molar refractivity (Wildman–Crippen MR) is 115 cm³/mol. The number of hydrogen-bond acceptors (Lipinski definition) is 5. The van der Waals surface area contributed by atoms with Gasteiger partial charge in [0.2, 0.25) is 5.91 Å². The molecule has 2 aromatic heterocycles. The number of nitrogens with zero attached hydrogens (tertiary/aromatic N) is 5. The molecule has 3 aromatic rings. The molecular formula is C22H28N6O3. The van der Waals surface area contributed by atoms with E-state index in [0.717, 1.165) is 23.0 Å². The molecule has 0 spiro atoms. The highest BCUT2D eigenvalue weighted by atomic mass is 16.5. The van der Waals surface area contributed by atoms with Crippen molar-refractivity contribution >= 4 is 5.91 Å². The Bertz CT molecular complexity index is 1100. The smallest absolute Gasteiger partial charge is 0.346 e. The molecule has 0 unspecified atom stereocenters. The minimum atomic E-state index is -0.141. The Morgan fingerprint density at radius 1 is 1.23 bits per heavy atom. The van der Waals surface area contributed by atoms with E-state index in [1.54, 1.807) is 9.25 Å². The normalized spacial score (nSPS) is 15.9. The number of rotatable bonds is 7. The summed E-state index contributed by atoms with van der Waals surface area (Å²) in [5, 5.41) is 11.8. The Morgan fingerprint density at radius 3 is 2.77 bits per heavy atom. The fraction of sp³-hybridized carbons (Fsp3) is 0.455. The van der Waals surface area contributed by atoms with Crippen LogP contribution in [0.4, 0.5) is 0 Å². The van der Waals surface area contributed by atoms with E-state index in [9.17, 15) is 9.59 Å². The highest BCUT2D eigenvalue weighted by Gasteiger charge is 2.25. The lowest BCUT2D eigenvalue weighted by molar-refractivity contribution is -0.125. The summed E-state index contributed by atoms with van der Waals surface area (Å²) in [5.74, 6) is 1.39. The quantitative estimate of drug-likeness (QED) is 0.619. The van der Waals surface area contributed by atoms with Gasteiger partial charge >= 0.3 is 5.69 Å². The summed E-state index contributed by atoms with van der Waals surface area (Å²) in [6.45, 7) is 3.64. The Balaban J connectivity index is 1.31. The largest absolute Gasteiger partial charge is 0.492 e. The third-order valence-corrected chi connectivity index (χ3v) is 5.65. The molecule has 9 nitrogen and oxygen atoms in total. The monoisotopic (exact) mass is 424 g/mol. The Labute approximate surface area is 180 Å². The predicted octanol–water partition coefficient (Wildman–Crippen LogP) is 1.43. The van der Waals surface area contributed by atoms with Crippen LogP contribution in [0.5, 0.6) is 5.75 Å². The highest BCUT2D eigenvalue weighted by molar-refractivity contribution is 5.78. The van der Waals surface area contributed by atoms with Gasteiger partial charge in [-0.2, -0.15) is 10.2 Å². The van der Waals surface area contributed by atoms with E-state index in [0.29, 0.717) is 45.5 Å². The van der Waals surface area contributed by atoms with Gasteiger partial charge in [-0.25, -0.2) is 9.48 Å². The molecule has 1 aliphatic rings. The maximum Gasteiger partial charge on any atom is 0.346 e. The van der Waals surface area contributed by atoms with E-state index < -0.39 is 0 Å². The second kappa shape index (κ2) is 9.20. The standard InChI is InChI=1S/C22H28N6O3/c1-16-14-18(26(2)24-16)15-23-21(29)17-8-9-20-25-28(22(30)27(20)11-10-17)12-13-31-19-6-4-3-5-7-19/h3-7,14,17H,8-13,15H2,1-2H3,(H,23,29)/t17-/m0/s1. The number of fused-ring (bicyclic) bond motifs is 1. The van der Waals surface area contributed by atoms with Crippen LogP contribution >= 0.6 is 0 Å². The van der Waals surface area contributed by atoms with Crippen LogP contribution < -0.4 is 15.7 Å². The molecule has 0 saturated carbocycles. The molecule has 0 aliphatic carbocycles. The summed E-state index contributed by atoms with van der Waals surface area (Å²) >= 11 is 0. The van der Waals surface area contributed by atoms with Gasteiger partial charge in [-0.1, -0.05) is 18.2 Å². The lowest BCUT2D eigenvalue weighted by atomic mass is 9.99. The Morgan fingerprint density at radius 2 is 2.03 bits per heavy atom. The molecule has 1 aliphatic heterocycles. The van der Waals surface area contributed by atoms with Crippen molar-refractivity contribution in [2.75, 3.05) is 6.61 Å². The van der Waals surface area contributed by atoms with E-state index >= 15 is 0 Å². The number of aromatic nitrogens is 5. The molecule has 1 aromatic carbocycles. The molecule has 9 heteroatoms. The summed E-state index contributed by atoms with van der Waals surface area (Å²) in [6, 6.07) is 11.5. The van der Waals surface area contributed by atoms with Gasteiger partial charge in [0, 0.05) is 25.9 Å².